The van der Waals surface area contributed by atoms with Crippen LogP contribution in [0, 0.1) is 0 Å². The Morgan fingerprint density at radius 2 is 2.15 bits per heavy atom. The van der Waals surface area contributed by atoms with Crippen LogP contribution in [0.4, 0.5) is 11.4 Å². The number of hydrogen-bond donors (Lipinski definition) is 2. The van der Waals surface area contributed by atoms with Crippen molar-refractivity contribution in [1.29, 1.82) is 0 Å². The van der Waals surface area contributed by atoms with E-state index in [-0.39, 0.29) is 0 Å². The quantitative estimate of drug-likeness (QED) is 0.647. The van der Waals surface area contributed by atoms with Gasteiger partial charge in [-0.25, -0.2) is 0 Å². The molecule has 3 heteroatoms. The molecule has 1 heterocycles. The van der Waals surface area contributed by atoms with Gasteiger partial charge in [0.1, 0.15) is 0 Å². The minimum atomic E-state index is 0.799. The van der Waals surface area contributed by atoms with Crippen LogP contribution in [0.25, 0.3) is 10.9 Å². The van der Waals surface area contributed by atoms with E-state index in [1.807, 2.05) is 24.3 Å². The van der Waals surface area contributed by atoms with Crippen molar-refractivity contribution in [1.82, 2.24) is 4.98 Å². The second-order valence-electron chi connectivity index (χ2n) is 5.38. The Balaban J connectivity index is 1.68. The fraction of sp³-hybridized carbons (Fsp3) is 0.353. The molecule has 0 radical (unpaired) electrons. The monoisotopic (exact) mass is 267 g/mol. The fourth-order valence-corrected chi connectivity index (χ4v) is 2.82. The van der Waals surface area contributed by atoms with Crippen molar-refractivity contribution in [2.45, 2.75) is 32.1 Å². The number of aromatic nitrogens is 1. The summed E-state index contributed by atoms with van der Waals surface area (Å²) >= 11 is 0. The highest BCUT2D eigenvalue weighted by Crippen LogP contribution is 2.27. The summed E-state index contributed by atoms with van der Waals surface area (Å²) in [7, 11) is 0. The molecule has 0 aliphatic heterocycles. The van der Waals surface area contributed by atoms with Crippen LogP contribution in [0.2, 0.25) is 0 Å². The summed E-state index contributed by atoms with van der Waals surface area (Å²) < 4.78 is 0. The predicted octanol–water partition coefficient (Wildman–Crippen LogP) is 4.12. The molecule has 0 bridgehead atoms. The summed E-state index contributed by atoms with van der Waals surface area (Å²) in [5.41, 5.74) is 10.6. The van der Waals surface area contributed by atoms with Gasteiger partial charge >= 0.3 is 0 Å². The van der Waals surface area contributed by atoms with E-state index < -0.39 is 0 Å². The van der Waals surface area contributed by atoms with Crippen LogP contribution in [-0.2, 0) is 0 Å². The highest BCUT2D eigenvalue weighted by Gasteiger charge is 2.06. The lowest BCUT2D eigenvalue weighted by molar-refractivity contribution is 0.679. The lowest BCUT2D eigenvalue weighted by Gasteiger charge is -2.15. The Kier molecular flexibility index (Phi) is 3.86. The number of nitrogens with one attached hydrogen (secondary N) is 1. The minimum absolute atomic E-state index is 0.799. The first kappa shape index (κ1) is 13.0. The number of anilines is 2. The minimum Gasteiger partial charge on any atom is -0.397 e. The maximum atomic E-state index is 6.22. The van der Waals surface area contributed by atoms with Crippen molar-refractivity contribution in [3.63, 3.8) is 0 Å². The van der Waals surface area contributed by atoms with E-state index in [9.17, 15) is 0 Å². The summed E-state index contributed by atoms with van der Waals surface area (Å²) in [6, 6.07) is 8.00. The van der Waals surface area contributed by atoms with Gasteiger partial charge in [-0.15, -0.1) is 0 Å². The number of pyridine rings is 1. The first-order chi connectivity index (χ1) is 9.84. The Bertz CT molecular complexity index is 631. The van der Waals surface area contributed by atoms with Crippen LogP contribution in [-0.4, -0.2) is 11.5 Å². The number of fused-ring (bicyclic) bond motifs is 1. The second-order valence-corrected chi connectivity index (χ2v) is 5.38. The number of hydrogen-bond acceptors (Lipinski definition) is 3. The van der Waals surface area contributed by atoms with E-state index >= 15 is 0 Å². The standard InChI is InChI=1S/C17H21N3/c18-17-14-7-4-11-19-15(14)8-9-16(17)20-12-10-13-5-2-1-3-6-13/h4-5,7-9,11,20H,1-3,6,10,12,18H2. The first-order valence-electron chi connectivity index (χ1n) is 7.39. The zero-order chi connectivity index (χ0) is 13.8. The zero-order valence-electron chi connectivity index (χ0n) is 11.7. The lowest BCUT2D eigenvalue weighted by Crippen LogP contribution is -2.06. The molecule has 2 aromatic rings. The van der Waals surface area contributed by atoms with Gasteiger partial charge in [0.2, 0.25) is 0 Å². The van der Waals surface area contributed by atoms with Crippen molar-refractivity contribution < 1.29 is 0 Å². The van der Waals surface area contributed by atoms with Crippen LogP contribution < -0.4 is 11.1 Å². The summed E-state index contributed by atoms with van der Waals surface area (Å²) in [6.07, 6.45) is 10.5. The fourth-order valence-electron chi connectivity index (χ4n) is 2.82. The first-order valence-corrected chi connectivity index (χ1v) is 7.39. The average Bonchev–Trinajstić information content (AvgIpc) is 2.51. The van der Waals surface area contributed by atoms with Gasteiger partial charge in [-0.3, -0.25) is 4.98 Å². The maximum absolute atomic E-state index is 6.22. The van der Waals surface area contributed by atoms with Gasteiger partial charge in [-0.1, -0.05) is 11.6 Å². The largest absolute Gasteiger partial charge is 0.397 e. The molecular weight excluding hydrogens is 246 g/mol. The molecule has 0 spiro atoms. The van der Waals surface area contributed by atoms with E-state index in [2.05, 4.69) is 16.4 Å². The van der Waals surface area contributed by atoms with E-state index in [1.165, 1.54) is 25.7 Å². The summed E-state index contributed by atoms with van der Waals surface area (Å²) in [5, 5.41) is 4.48. The van der Waals surface area contributed by atoms with Crippen LogP contribution in [0.5, 0.6) is 0 Å². The molecule has 104 valence electrons. The van der Waals surface area contributed by atoms with Gasteiger partial charge in [0.25, 0.3) is 0 Å². The molecule has 0 amide bonds. The normalized spacial score (nSPS) is 15.1. The van der Waals surface area contributed by atoms with Gasteiger partial charge < -0.3 is 11.1 Å². The van der Waals surface area contributed by atoms with E-state index in [0.717, 1.165) is 35.2 Å². The van der Waals surface area contributed by atoms with Crippen molar-refractivity contribution in [2.24, 2.45) is 0 Å². The maximum Gasteiger partial charge on any atom is 0.0724 e. The van der Waals surface area contributed by atoms with Crippen molar-refractivity contribution in [3.05, 3.63) is 42.1 Å². The van der Waals surface area contributed by atoms with E-state index in [0.29, 0.717) is 0 Å². The topological polar surface area (TPSA) is 50.9 Å². The number of rotatable bonds is 4. The van der Waals surface area contributed by atoms with Crippen LogP contribution in [0.3, 0.4) is 0 Å². The third-order valence-corrected chi connectivity index (χ3v) is 3.97. The number of allylic oxidation sites excluding steroid dienone is 1. The van der Waals surface area contributed by atoms with Crippen molar-refractivity contribution in [3.8, 4) is 0 Å². The molecule has 3 N–H and O–H groups in total. The van der Waals surface area contributed by atoms with Crippen molar-refractivity contribution >= 4 is 22.3 Å². The molecule has 0 atom stereocenters. The molecule has 1 aromatic heterocycles. The number of benzene rings is 1. The van der Waals surface area contributed by atoms with Gasteiger partial charge in [-0.05, 0) is 56.4 Å². The Labute approximate surface area is 119 Å². The summed E-state index contributed by atoms with van der Waals surface area (Å²) in [5.74, 6) is 0. The SMILES string of the molecule is Nc1c(NCCC2=CCCCC2)ccc2ncccc12. The van der Waals surface area contributed by atoms with Gasteiger partial charge in [0.05, 0.1) is 16.9 Å². The predicted molar refractivity (Wildman–Crippen MR) is 85.8 cm³/mol. The summed E-state index contributed by atoms with van der Waals surface area (Å²) in [4.78, 5) is 4.32. The molecule has 1 aliphatic rings. The smallest absolute Gasteiger partial charge is 0.0724 e. The molecule has 0 unspecified atom stereocenters. The molecule has 3 rings (SSSR count). The molecule has 20 heavy (non-hydrogen) atoms. The molecule has 0 saturated heterocycles. The van der Waals surface area contributed by atoms with Crippen LogP contribution >= 0.6 is 0 Å². The average molecular weight is 267 g/mol. The molecule has 0 fully saturated rings. The molecule has 3 nitrogen and oxygen atoms in total. The Morgan fingerprint density at radius 3 is 3.00 bits per heavy atom. The van der Waals surface area contributed by atoms with Gasteiger partial charge in [0, 0.05) is 18.1 Å². The molecule has 1 aliphatic carbocycles. The van der Waals surface area contributed by atoms with Crippen LogP contribution in [0.15, 0.2) is 42.1 Å². The number of nitrogens with zero attached hydrogens (tertiary/aromatic N) is 1. The number of nitrogen functional groups attached to an aromatic ring is 1. The van der Waals surface area contributed by atoms with Gasteiger partial charge in [-0.2, -0.15) is 0 Å². The zero-order valence-corrected chi connectivity index (χ0v) is 11.7. The third kappa shape index (κ3) is 2.77. The molecule has 1 aromatic carbocycles. The van der Waals surface area contributed by atoms with Gasteiger partial charge in [0.15, 0.2) is 0 Å². The third-order valence-electron chi connectivity index (χ3n) is 3.97. The summed E-state index contributed by atoms with van der Waals surface area (Å²) in [6.45, 7) is 0.946. The highest BCUT2D eigenvalue weighted by molar-refractivity contribution is 5.96. The van der Waals surface area contributed by atoms with E-state index in [4.69, 9.17) is 5.73 Å². The van der Waals surface area contributed by atoms with E-state index in [1.54, 1.807) is 11.8 Å². The lowest BCUT2D eigenvalue weighted by atomic mass is 9.97. The second kappa shape index (κ2) is 5.95. The van der Waals surface area contributed by atoms with Crippen molar-refractivity contribution in [2.75, 3.05) is 17.6 Å². The number of nitrogens with two attached hydrogens (primary N) is 1. The Morgan fingerprint density at radius 1 is 1.20 bits per heavy atom. The highest BCUT2D eigenvalue weighted by atomic mass is 14.9. The Hall–Kier alpha value is -2.03. The molecular formula is C17H21N3. The van der Waals surface area contributed by atoms with Crippen LogP contribution in [0.1, 0.15) is 32.1 Å². The molecule has 0 saturated carbocycles.